The highest BCUT2D eigenvalue weighted by Crippen LogP contribution is 2.18. The maximum Gasteiger partial charge on any atom is 0.327 e. The summed E-state index contributed by atoms with van der Waals surface area (Å²) < 4.78 is 0. The fourth-order valence-electron chi connectivity index (χ4n) is 1.42. The number of aliphatic hydroxyl groups excluding tert-OH is 3. The van der Waals surface area contributed by atoms with E-state index in [1.54, 1.807) is 0 Å². The van der Waals surface area contributed by atoms with Crippen LogP contribution in [0.3, 0.4) is 0 Å². The van der Waals surface area contributed by atoms with E-state index in [0.717, 1.165) is 57.5 Å². The number of aliphatic carboxylic acids is 3. The highest BCUT2D eigenvalue weighted by atomic mass is 16.4. The third-order valence-corrected chi connectivity index (χ3v) is 3.88. The summed E-state index contributed by atoms with van der Waals surface area (Å²) in [5, 5.41) is 58.5. The van der Waals surface area contributed by atoms with Crippen LogP contribution in [0.25, 0.3) is 0 Å². The summed E-state index contributed by atoms with van der Waals surface area (Å²) in [5.74, 6) is -2.94. The number of carboxylic acids is 3. The van der Waals surface area contributed by atoms with Crippen molar-refractivity contribution in [1.82, 2.24) is 16.0 Å². The monoisotopic (exact) mass is 539 g/mol. The van der Waals surface area contributed by atoms with E-state index in [1.807, 2.05) is 6.92 Å². The highest BCUT2D eigenvalue weighted by molar-refractivity contribution is 5.79. The molecule has 0 rings (SSSR count). The lowest BCUT2D eigenvalue weighted by Gasteiger charge is -2.24. The minimum atomic E-state index is -0.981. The van der Waals surface area contributed by atoms with E-state index in [4.69, 9.17) is 42.1 Å². The van der Waals surface area contributed by atoms with Crippen LogP contribution in [0.15, 0.2) is 38.0 Å². The molecule has 0 saturated carbocycles. The van der Waals surface area contributed by atoms with Crippen molar-refractivity contribution < 1.29 is 45.0 Å². The van der Waals surface area contributed by atoms with E-state index in [-0.39, 0.29) is 19.8 Å². The third kappa shape index (κ3) is 51.0. The molecule has 0 radical (unpaired) electrons. The first kappa shape index (κ1) is 44.3. The Balaban J connectivity index is -0.000000124. The molecule has 0 aliphatic carbocycles. The Kier molecular flexibility index (Phi) is 45.3. The molecule has 0 spiro atoms. The number of hydrogen-bond donors (Lipinski definition) is 11. The van der Waals surface area contributed by atoms with Gasteiger partial charge in [0.15, 0.2) is 0 Å². The van der Waals surface area contributed by atoms with Crippen LogP contribution < -0.4 is 27.4 Å². The van der Waals surface area contributed by atoms with Gasteiger partial charge in [-0.1, -0.05) is 26.7 Å². The average Bonchev–Trinajstić information content (AvgIpc) is 2.90. The number of carboxylic acid groups (broad SMARTS) is 3. The molecule has 0 atom stereocenters. The second kappa shape index (κ2) is 37.9. The Morgan fingerprint density at radius 3 is 0.973 bits per heavy atom. The van der Waals surface area contributed by atoms with E-state index in [9.17, 15) is 14.4 Å². The number of aliphatic hydroxyl groups is 3. The molecule has 0 aromatic carbocycles. The van der Waals surface area contributed by atoms with E-state index < -0.39 is 23.3 Å². The highest BCUT2D eigenvalue weighted by Gasteiger charge is 2.24. The van der Waals surface area contributed by atoms with Crippen LogP contribution in [0.5, 0.6) is 0 Å². The van der Waals surface area contributed by atoms with Gasteiger partial charge in [0.05, 0.1) is 19.8 Å². The lowest BCUT2D eigenvalue weighted by atomic mass is 9.88. The van der Waals surface area contributed by atoms with Crippen LogP contribution in [0.4, 0.5) is 0 Å². The summed E-state index contributed by atoms with van der Waals surface area (Å²) in [6, 6.07) is 0. The molecule has 0 saturated heterocycles. The Morgan fingerprint density at radius 1 is 0.649 bits per heavy atom. The molecule has 14 nitrogen and oxygen atoms in total. The van der Waals surface area contributed by atoms with Gasteiger partial charge in [-0.3, -0.25) is 0 Å². The molecule has 14 heteroatoms. The topological polar surface area (TPSA) is 261 Å². The van der Waals surface area contributed by atoms with Gasteiger partial charge in [0.25, 0.3) is 0 Å². The van der Waals surface area contributed by atoms with Crippen LogP contribution in [-0.4, -0.2) is 121 Å². The normalized spacial score (nSPS) is 9.24. The summed E-state index contributed by atoms with van der Waals surface area (Å²) >= 11 is 0. The molecule has 0 aliphatic rings. The minimum Gasteiger partial charge on any atom is -0.478 e. The fraction of sp³-hybridized carbons (Fsp3) is 0.609. The number of hydrogen-bond acceptors (Lipinski definition) is 11. The van der Waals surface area contributed by atoms with E-state index >= 15 is 0 Å². The molecule has 0 fully saturated rings. The van der Waals surface area contributed by atoms with Crippen molar-refractivity contribution >= 4 is 17.9 Å². The van der Waals surface area contributed by atoms with Crippen LogP contribution in [0.1, 0.15) is 13.3 Å². The first-order valence-electron chi connectivity index (χ1n) is 11.4. The van der Waals surface area contributed by atoms with Gasteiger partial charge < -0.3 is 58.1 Å². The van der Waals surface area contributed by atoms with Crippen LogP contribution in [0.2, 0.25) is 0 Å². The summed E-state index contributed by atoms with van der Waals surface area (Å²) in [4.78, 5) is 27.8. The molecular formula is C23H49N5O9. The zero-order chi connectivity index (χ0) is 30.0. The van der Waals surface area contributed by atoms with Crippen molar-refractivity contribution in [2.45, 2.75) is 13.3 Å². The summed E-state index contributed by atoms with van der Waals surface area (Å²) in [6.45, 7) is 17.4. The van der Waals surface area contributed by atoms with Crippen LogP contribution in [-0.2, 0) is 14.4 Å². The Bertz CT molecular complexity index is 490. The van der Waals surface area contributed by atoms with Gasteiger partial charge in [0.1, 0.15) is 0 Å². The number of nitrogens with one attached hydrogen (secondary N) is 3. The number of rotatable bonds is 17. The van der Waals surface area contributed by atoms with Crippen molar-refractivity contribution in [3.8, 4) is 0 Å². The summed E-state index contributed by atoms with van der Waals surface area (Å²) in [7, 11) is 0. The molecule has 0 heterocycles. The van der Waals surface area contributed by atoms with Gasteiger partial charge in [-0.15, -0.1) is 0 Å². The zero-order valence-corrected chi connectivity index (χ0v) is 21.9. The van der Waals surface area contributed by atoms with Crippen molar-refractivity contribution in [2.24, 2.45) is 16.9 Å². The molecule has 0 amide bonds. The molecule has 0 aliphatic heterocycles. The quantitative estimate of drug-likeness (QED) is 0.0692. The maximum atomic E-state index is 9.25. The smallest absolute Gasteiger partial charge is 0.327 e. The first-order chi connectivity index (χ1) is 17.5. The molecule has 220 valence electrons. The van der Waals surface area contributed by atoms with Crippen molar-refractivity contribution in [3.05, 3.63) is 38.0 Å². The lowest BCUT2D eigenvalue weighted by Crippen LogP contribution is -2.35. The van der Waals surface area contributed by atoms with Crippen molar-refractivity contribution in [3.63, 3.8) is 0 Å². The van der Waals surface area contributed by atoms with Gasteiger partial charge in [-0.25, -0.2) is 14.4 Å². The van der Waals surface area contributed by atoms with Gasteiger partial charge in [-0.2, -0.15) is 0 Å². The van der Waals surface area contributed by atoms with E-state index in [0.29, 0.717) is 19.5 Å². The first-order valence-corrected chi connectivity index (χ1v) is 11.4. The summed E-state index contributed by atoms with van der Waals surface area (Å²) in [6.07, 6.45) is 3.09. The van der Waals surface area contributed by atoms with Gasteiger partial charge in [-0.05, 0) is 6.42 Å². The maximum absolute atomic E-state index is 9.25. The molecule has 37 heavy (non-hydrogen) atoms. The molecule has 0 aromatic heterocycles. The fourth-order valence-corrected chi connectivity index (χ4v) is 1.42. The minimum absolute atomic E-state index is 0.156. The van der Waals surface area contributed by atoms with Crippen molar-refractivity contribution in [1.29, 1.82) is 0 Å². The van der Waals surface area contributed by atoms with Gasteiger partial charge in [0.2, 0.25) is 0 Å². The van der Waals surface area contributed by atoms with E-state index in [2.05, 4.69) is 35.7 Å². The SMILES string of the molecule is C=CC(=O)O.C=CC(=O)O.C=CC(=O)O.CCC(CO)(CO)CO.NCCNCCNCCNCCN. The van der Waals surface area contributed by atoms with E-state index in [1.165, 1.54) is 0 Å². The summed E-state index contributed by atoms with van der Waals surface area (Å²) in [5.41, 5.74) is 9.97. The lowest BCUT2D eigenvalue weighted by molar-refractivity contribution is -0.132. The molecule has 13 N–H and O–H groups in total. The Labute approximate surface area is 219 Å². The van der Waals surface area contributed by atoms with Crippen molar-refractivity contribution in [2.75, 3.05) is 72.2 Å². The zero-order valence-electron chi connectivity index (χ0n) is 21.9. The van der Waals surface area contributed by atoms with Crippen LogP contribution in [0, 0.1) is 5.41 Å². The largest absolute Gasteiger partial charge is 0.478 e. The molecule has 0 aromatic rings. The number of carbonyl (C=O) groups is 3. The Hall–Kier alpha value is -2.69. The predicted octanol–water partition coefficient (Wildman–Crippen LogP) is -2.20. The molecule has 0 bridgehead atoms. The van der Waals surface area contributed by atoms with Gasteiger partial charge >= 0.3 is 17.9 Å². The average molecular weight is 540 g/mol. The third-order valence-electron chi connectivity index (χ3n) is 3.88. The van der Waals surface area contributed by atoms with Crippen LogP contribution >= 0.6 is 0 Å². The van der Waals surface area contributed by atoms with Gasteiger partial charge in [0, 0.05) is 76.0 Å². The molecular weight excluding hydrogens is 490 g/mol. The Morgan fingerprint density at radius 2 is 0.865 bits per heavy atom. The standard InChI is InChI=1S/C8H23N5.C6H14O3.3C3H4O2/c9-1-3-11-5-7-13-8-6-12-4-2-10;1-2-6(3-7,4-8)5-9;3*1-2-3(4)5/h11-13H,1-10H2;7-9H,2-5H2,1H3;3*2H,1H2,(H,4,5). The predicted molar refractivity (Wildman–Crippen MR) is 144 cm³/mol. The second-order valence-corrected chi connectivity index (χ2v) is 6.78. The second-order valence-electron chi connectivity index (χ2n) is 6.78. The molecule has 0 unspecified atom stereocenters. The number of nitrogens with two attached hydrogens (primary N) is 2.